The average Bonchev–Trinajstić information content (AvgIpc) is 2.72. The minimum Gasteiger partial charge on any atom is -0.508 e. The van der Waals surface area contributed by atoms with Crippen LogP contribution in [0.1, 0.15) is 5.56 Å². The highest BCUT2D eigenvalue weighted by molar-refractivity contribution is 8.00. The summed E-state index contributed by atoms with van der Waals surface area (Å²) in [6.45, 7) is 0. The minimum absolute atomic E-state index is 0.285. The van der Waals surface area contributed by atoms with Gasteiger partial charge in [0.1, 0.15) is 10.1 Å². The number of phenolic OH excluding ortho intramolecular Hbond substituents is 1. The highest BCUT2D eigenvalue weighted by Crippen LogP contribution is 2.29. The van der Waals surface area contributed by atoms with E-state index in [4.69, 9.17) is 5.73 Å². The lowest BCUT2D eigenvalue weighted by atomic mass is 10.2. The Labute approximate surface area is 96.0 Å². The quantitative estimate of drug-likeness (QED) is 0.490. The summed E-state index contributed by atoms with van der Waals surface area (Å²) in [5.74, 6) is 0.970. The summed E-state index contributed by atoms with van der Waals surface area (Å²) in [6.07, 6.45) is 1.77. The van der Waals surface area contributed by atoms with Crippen LogP contribution in [-0.2, 0) is 5.75 Å². The van der Waals surface area contributed by atoms with Gasteiger partial charge < -0.3 is 10.8 Å². The van der Waals surface area contributed by atoms with E-state index in [1.54, 1.807) is 47.5 Å². The Morgan fingerprint density at radius 2 is 2.33 bits per heavy atom. The highest BCUT2D eigenvalue weighted by Gasteiger charge is 2.03. The summed E-state index contributed by atoms with van der Waals surface area (Å²) in [7, 11) is 0. The number of nitrogens with two attached hydrogens (primary N) is 1. The lowest BCUT2D eigenvalue weighted by molar-refractivity contribution is 0.471. The number of hydrogen-bond donors (Lipinski definition) is 2. The van der Waals surface area contributed by atoms with Gasteiger partial charge in [-0.25, -0.2) is 4.98 Å². The second kappa shape index (κ2) is 4.55. The number of rotatable bonds is 3. The van der Waals surface area contributed by atoms with Gasteiger partial charge in [-0.3, -0.25) is 0 Å². The van der Waals surface area contributed by atoms with Gasteiger partial charge in [-0.1, -0.05) is 11.8 Å². The van der Waals surface area contributed by atoms with E-state index in [0.29, 0.717) is 11.4 Å². The number of benzene rings is 1. The third kappa shape index (κ3) is 2.64. The first-order chi connectivity index (χ1) is 7.25. The van der Waals surface area contributed by atoms with Crippen LogP contribution in [0.25, 0.3) is 0 Å². The van der Waals surface area contributed by atoms with Gasteiger partial charge in [-0.15, -0.1) is 11.3 Å². The molecule has 0 aliphatic heterocycles. The normalized spacial score (nSPS) is 10.4. The van der Waals surface area contributed by atoms with Gasteiger partial charge in [0.2, 0.25) is 0 Å². The molecule has 3 nitrogen and oxygen atoms in total. The number of phenols is 1. The molecule has 0 atom stereocenters. The molecule has 0 unspecified atom stereocenters. The van der Waals surface area contributed by atoms with Crippen molar-refractivity contribution in [2.45, 2.75) is 10.1 Å². The molecule has 0 amide bonds. The molecule has 0 saturated carbocycles. The second-order valence-electron chi connectivity index (χ2n) is 2.97. The number of thioether (sulfide) groups is 1. The average molecular weight is 238 g/mol. The van der Waals surface area contributed by atoms with E-state index in [1.807, 2.05) is 5.38 Å². The molecule has 1 heterocycles. The maximum absolute atomic E-state index is 9.58. The fourth-order valence-electron chi connectivity index (χ4n) is 1.14. The standard InChI is InChI=1S/C10H10N2OS2/c11-8-1-2-9(13)7(5-8)6-15-10-12-3-4-14-10/h1-5,13H,6,11H2. The molecule has 0 fully saturated rings. The first-order valence-corrected chi connectivity index (χ1v) is 6.22. The lowest BCUT2D eigenvalue weighted by Crippen LogP contribution is -1.88. The largest absolute Gasteiger partial charge is 0.508 e. The fourth-order valence-corrected chi connectivity index (χ4v) is 2.76. The van der Waals surface area contributed by atoms with Crippen LogP contribution in [0.3, 0.4) is 0 Å². The van der Waals surface area contributed by atoms with E-state index < -0.39 is 0 Å². The van der Waals surface area contributed by atoms with Crippen LogP contribution >= 0.6 is 23.1 Å². The number of aromatic nitrogens is 1. The van der Waals surface area contributed by atoms with Crippen molar-refractivity contribution in [3.8, 4) is 5.75 Å². The van der Waals surface area contributed by atoms with Crippen LogP contribution in [0.5, 0.6) is 5.75 Å². The fraction of sp³-hybridized carbons (Fsp3) is 0.100. The van der Waals surface area contributed by atoms with Crippen molar-refractivity contribution in [2.75, 3.05) is 5.73 Å². The Morgan fingerprint density at radius 1 is 1.47 bits per heavy atom. The van der Waals surface area contributed by atoms with E-state index in [1.165, 1.54) is 0 Å². The summed E-state index contributed by atoms with van der Waals surface area (Å²) in [5.41, 5.74) is 7.15. The molecule has 2 rings (SSSR count). The molecular weight excluding hydrogens is 228 g/mol. The Balaban J connectivity index is 2.07. The van der Waals surface area contributed by atoms with Crippen molar-refractivity contribution in [3.63, 3.8) is 0 Å². The number of anilines is 1. The number of nitrogen functional groups attached to an aromatic ring is 1. The molecule has 1 aromatic heterocycles. The van der Waals surface area contributed by atoms with Crippen LogP contribution in [0, 0.1) is 0 Å². The smallest absolute Gasteiger partial charge is 0.150 e. The molecular formula is C10H10N2OS2. The van der Waals surface area contributed by atoms with Gasteiger partial charge in [0.15, 0.2) is 0 Å². The first-order valence-electron chi connectivity index (χ1n) is 4.35. The van der Waals surface area contributed by atoms with E-state index in [2.05, 4.69) is 4.98 Å². The van der Waals surface area contributed by atoms with Crippen molar-refractivity contribution >= 4 is 28.8 Å². The van der Waals surface area contributed by atoms with Gasteiger partial charge in [-0.2, -0.15) is 0 Å². The Morgan fingerprint density at radius 3 is 3.07 bits per heavy atom. The molecule has 0 aliphatic carbocycles. The van der Waals surface area contributed by atoms with Crippen LogP contribution in [0.15, 0.2) is 34.1 Å². The third-order valence-electron chi connectivity index (χ3n) is 1.86. The SMILES string of the molecule is Nc1ccc(O)c(CSc2nccs2)c1. The highest BCUT2D eigenvalue weighted by atomic mass is 32.2. The van der Waals surface area contributed by atoms with Gasteiger partial charge in [0, 0.05) is 28.6 Å². The first kappa shape index (κ1) is 10.3. The van der Waals surface area contributed by atoms with Crippen molar-refractivity contribution in [1.29, 1.82) is 0 Å². The molecule has 0 bridgehead atoms. The lowest BCUT2D eigenvalue weighted by Gasteiger charge is -2.03. The van der Waals surface area contributed by atoms with Crippen LogP contribution in [0.4, 0.5) is 5.69 Å². The Kier molecular flexibility index (Phi) is 3.13. The molecule has 0 radical (unpaired) electrons. The second-order valence-corrected chi connectivity index (χ2v) is 5.09. The molecule has 15 heavy (non-hydrogen) atoms. The van der Waals surface area contributed by atoms with Crippen molar-refractivity contribution < 1.29 is 5.11 Å². The molecule has 5 heteroatoms. The zero-order valence-electron chi connectivity index (χ0n) is 7.88. The number of aromatic hydroxyl groups is 1. The summed E-state index contributed by atoms with van der Waals surface area (Å²) >= 11 is 3.19. The summed E-state index contributed by atoms with van der Waals surface area (Å²) < 4.78 is 0.997. The third-order valence-corrected chi connectivity index (χ3v) is 3.88. The van der Waals surface area contributed by atoms with Crippen molar-refractivity contribution in [2.24, 2.45) is 0 Å². The minimum atomic E-state index is 0.285. The van der Waals surface area contributed by atoms with Gasteiger partial charge in [0.05, 0.1) is 0 Å². The van der Waals surface area contributed by atoms with Crippen molar-refractivity contribution in [3.05, 3.63) is 35.3 Å². The van der Waals surface area contributed by atoms with E-state index in [9.17, 15) is 5.11 Å². The maximum atomic E-state index is 9.58. The molecule has 0 spiro atoms. The number of hydrogen-bond acceptors (Lipinski definition) is 5. The predicted octanol–water partition coefficient (Wildman–Crippen LogP) is 2.72. The summed E-state index contributed by atoms with van der Waals surface area (Å²) in [6, 6.07) is 5.09. The molecule has 3 N–H and O–H groups in total. The van der Waals surface area contributed by atoms with Crippen LogP contribution in [0.2, 0.25) is 0 Å². The van der Waals surface area contributed by atoms with Gasteiger partial charge in [-0.05, 0) is 18.2 Å². The monoisotopic (exact) mass is 238 g/mol. The van der Waals surface area contributed by atoms with Crippen LogP contribution in [-0.4, -0.2) is 10.1 Å². The predicted molar refractivity (Wildman–Crippen MR) is 64.2 cm³/mol. The number of nitrogens with zero attached hydrogens (tertiary/aromatic N) is 1. The summed E-state index contributed by atoms with van der Waals surface area (Å²) in [4.78, 5) is 4.15. The maximum Gasteiger partial charge on any atom is 0.150 e. The Bertz CT molecular complexity index is 443. The van der Waals surface area contributed by atoms with Crippen molar-refractivity contribution in [1.82, 2.24) is 4.98 Å². The molecule has 0 aliphatic rings. The van der Waals surface area contributed by atoms with E-state index in [0.717, 1.165) is 9.90 Å². The van der Waals surface area contributed by atoms with E-state index in [-0.39, 0.29) is 5.75 Å². The molecule has 1 aromatic carbocycles. The molecule has 0 saturated heterocycles. The summed E-state index contributed by atoms with van der Waals surface area (Å²) in [5, 5.41) is 11.5. The van der Waals surface area contributed by atoms with E-state index >= 15 is 0 Å². The molecule has 2 aromatic rings. The van der Waals surface area contributed by atoms with Gasteiger partial charge >= 0.3 is 0 Å². The number of thiazole rings is 1. The van der Waals surface area contributed by atoms with Gasteiger partial charge in [0.25, 0.3) is 0 Å². The zero-order chi connectivity index (χ0) is 10.7. The Hall–Kier alpha value is -1.20. The zero-order valence-corrected chi connectivity index (χ0v) is 9.52. The van der Waals surface area contributed by atoms with Crippen LogP contribution < -0.4 is 5.73 Å². The molecule has 78 valence electrons. The topological polar surface area (TPSA) is 59.1 Å².